The first-order valence-electron chi connectivity index (χ1n) is 7.75. The van der Waals surface area contributed by atoms with Crippen LogP contribution in [0.4, 0.5) is 11.4 Å². The summed E-state index contributed by atoms with van der Waals surface area (Å²) in [5.74, 6) is 0.0178. The Labute approximate surface area is 146 Å². The second-order valence-electron chi connectivity index (χ2n) is 6.53. The van der Waals surface area contributed by atoms with Crippen molar-refractivity contribution in [2.45, 2.75) is 32.6 Å². The molecule has 0 aliphatic heterocycles. The van der Waals surface area contributed by atoms with Crippen molar-refractivity contribution < 1.29 is 4.79 Å². The van der Waals surface area contributed by atoms with E-state index in [4.69, 9.17) is 0 Å². The van der Waals surface area contributed by atoms with E-state index in [0.29, 0.717) is 13.0 Å². The molecule has 2 N–H and O–H groups in total. The van der Waals surface area contributed by atoms with Gasteiger partial charge in [-0.1, -0.05) is 61.0 Å². The molecule has 2 aromatic rings. The SMILES string of the molecule is CC(C)(C)c1ccccc1NC(=O)CCNc1cccc(Br)c1. The van der Waals surface area contributed by atoms with E-state index in [1.165, 1.54) is 0 Å². The van der Waals surface area contributed by atoms with E-state index in [1.807, 2.05) is 42.5 Å². The van der Waals surface area contributed by atoms with E-state index in [9.17, 15) is 4.79 Å². The standard InChI is InChI=1S/C19H23BrN2O/c1-19(2,3)16-9-4-5-10-17(16)22-18(23)11-12-21-15-8-6-7-14(20)13-15/h4-10,13,21H,11-12H2,1-3H3,(H,22,23). The molecule has 0 aliphatic carbocycles. The minimum atomic E-state index is -0.00155. The topological polar surface area (TPSA) is 41.1 Å². The highest BCUT2D eigenvalue weighted by molar-refractivity contribution is 9.10. The average Bonchev–Trinajstić information content (AvgIpc) is 2.47. The fourth-order valence-corrected chi connectivity index (χ4v) is 2.78. The molecule has 0 bridgehead atoms. The molecular formula is C19H23BrN2O. The number of para-hydroxylation sites is 1. The van der Waals surface area contributed by atoms with Crippen LogP contribution in [0, 0.1) is 0 Å². The van der Waals surface area contributed by atoms with Crippen LogP contribution in [0.1, 0.15) is 32.8 Å². The summed E-state index contributed by atoms with van der Waals surface area (Å²) in [6.45, 7) is 7.03. The average molecular weight is 375 g/mol. The number of carbonyl (C=O) groups is 1. The third-order valence-corrected chi connectivity index (χ3v) is 4.01. The van der Waals surface area contributed by atoms with Gasteiger partial charge in [0.05, 0.1) is 0 Å². The highest BCUT2D eigenvalue weighted by Crippen LogP contribution is 2.29. The summed E-state index contributed by atoms with van der Waals surface area (Å²) in [7, 11) is 0. The van der Waals surface area contributed by atoms with Gasteiger partial charge in [-0.25, -0.2) is 0 Å². The Hall–Kier alpha value is -1.81. The molecule has 122 valence electrons. The van der Waals surface area contributed by atoms with Crippen LogP contribution in [-0.2, 0) is 10.2 Å². The van der Waals surface area contributed by atoms with Crippen molar-refractivity contribution in [3.05, 3.63) is 58.6 Å². The number of rotatable bonds is 5. The fourth-order valence-electron chi connectivity index (χ4n) is 2.38. The van der Waals surface area contributed by atoms with Gasteiger partial charge in [-0.15, -0.1) is 0 Å². The third-order valence-electron chi connectivity index (χ3n) is 3.51. The van der Waals surface area contributed by atoms with E-state index in [0.717, 1.165) is 21.4 Å². The Morgan fingerprint density at radius 1 is 1.09 bits per heavy atom. The van der Waals surface area contributed by atoms with Crippen LogP contribution in [0.3, 0.4) is 0 Å². The minimum absolute atomic E-state index is 0.00155. The lowest BCUT2D eigenvalue weighted by atomic mass is 9.86. The van der Waals surface area contributed by atoms with E-state index in [1.54, 1.807) is 0 Å². The molecule has 0 radical (unpaired) electrons. The number of nitrogens with one attached hydrogen (secondary N) is 2. The Morgan fingerprint density at radius 2 is 1.83 bits per heavy atom. The smallest absolute Gasteiger partial charge is 0.226 e. The molecule has 1 amide bonds. The van der Waals surface area contributed by atoms with E-state index in [-0.39, 0.29) is 11.3 Å². The van der Waals surface area contributed by atoms with Gasteiger partial charge < -0.3 is 10.6 Å². The highest BCUT2D eigenvalue weighted by atomic mass is 79.9. The van der Waals surface area contributed by atoms with Gasteiger partial charge in [-0.2, -0.15) is 0 Å². The van der Waals surface area contributed by atoms with Crippen molar-refractivity contribution in [2.24, 2.45) is 0 Å². The van der Waals surface area contributed by atoms with Crippen molar-refractivity contribution in [3.63, 3.8) is 0 Å². The first-order valence-corrected chi connectivity index (χ1v) is 8.54. The maximum Gasteiger partial charge on any atom is 0.226 e. The summed E-state index contributed by atoms with van der Waals surface area (Å²) in [4.78, 5) is 12.2. The van der Waals surface area contributed by atoms with Gasteiger partial charge in [-0.05, 0) is 35.2 Å². The first-order chi connectivity index (χ1) is 10.9. The molecule has 0 saturated carbocycles. The molecule has 0 saturated heterocycles. The lowest BCUT2D eigenvalue weighted by Gasteiger charge is -2.23. The fraction of sp³-hybridized carbons (Fsp3) is 0.316. The Morgan fingerprint density at radius 3 is 2.52 bits per heavy atom. The summed E-state index contributed by atoms with van der Waals surface area (Å²) >= 11 is 3.43. The molecule has 2 rings (SSSR count). The molecule has 0 aromatic heterocycles. The molecule has 0 atom stereocenters. The lowest BCUT2D eigenvalue weighted by molar-refractivity contribution is -0.115. The zero-order valence-electron chi connectivity index (χ0n) is 13.8. The number of benzene rings is 2. The van der Waals surface area contributed by atoms with Gasteiger partial charge >= 0.3 is 0 Å². The van der Waals surface area contributed by atoms with Crippen LogP contribution in [-0.4, -0.2) is 12.5 Å². The van der Waals surface area contributed by atoms with Crippen LogP contribution >= 0.6 is 15.9 Å². The van der Waals surface area contributed by atoms with Crippen LogP contribution in [0.2, 0.25) is 0 Å². The van der Waals surface area contributed by atoms with Gasteiger partial charge in [0.25, 0.3) is 0 Å². The van der Waals surface area contributed by atoms with Crippen LogP contribution in [0.15, 0.2) is 53.0 Å². The van der Waals surface area contributed by atoms with Crippen LogP contribution < -0.4 is 10.6 Å². The quantitative estimate of drug-likeness (QED) is 0.755. The van der Waals surface area contributed by atoms with E-state index >= 15 is 0 Å². The molecule has 0 spiro atoms. The Bertz CT molecular complexity index is 677. The van der Waals surface area contributed by atoms with Gasteiger partial charge in [0.15, 0.2) is 0 Å². The molecule has 23 heavy (non-hydrogen) atoms. The minimum Gasteiger partial charge on any atom is -0.384 e. The number of amides is 1. The van der Waals surface area contributed by atoms with Crippen molar-refractivity contribution in [1.82, 2.24) is 0 Å². The molecule has 2 aromatic carbocycles. The largest absolute Gasteiger partial charge is 0.384 e. The van der Waals surface area contributed by atoms with Gasteiger partial charge in [0.1, 0.15) is 0 Å². The molecule has 0 unspecified atom stereocenters. The number of hydrogen-bond acceptors (Lipinski definition) is 2. The van der Waals surface area contributed by atoms with Crippen LogP contribution in [0.5, 0.6) is 0 Å². The third kappa shape index (κ3) is 5.39. The van der Waals surface area contributed by atoms with E-state index < -0.39 is 0 Å². The zero-order valence-corrected chi connectivity index (χ0v) is 15.4. The second-order valence-corrected chi connectivity index (χ2v) is 7.45. The van der Waals surface area contributed by atoms with E-state index in [2.05, 4.69) is 53.4 Å². The summed E-state index contributed by atoms with van der Waals surface area (Å²) in [6.07, 6.45) is 0.422. The number of halogens is 1. The summed E-state index contributed by atoms with van der Waals surface area (Å²) < 4.78 is 1.02. The lowest BCUT2D eigenvalue weighted by Crippen LogP contribution is -2.20. The summed E-state index contributed by atoms with van der Waals surface area (Å²) in [6, 6.07) is 15.9. The van der Waals surface area contributed by atoms with Crippen molar-refractivity contribution >= 4 is 33.2 Å². The normalized spacial score (nSPS) is 11.1. The number of carbonyl (C=O) groups excluding carboxylic acids is 1. The van der Waals surface area contributed by atoms with Gasteiger partial charge in [0, 0.05) is 28.8 Å². The molecule has 0 fully saturated rings. The number of anilines is 2. The maximum atomic E-state index is 12.2. The molecule has 4 heteroatoms. The van der Waals surface area contributed by atoms with Crippen molar-refractivity contribution in [2.75, 3.05) is 17.2 Å². The van der Waals surface area contributed by atoms with Gasteiger partial charge in [0.2, 0.25) is 5.91 Å². The monoisotopic (exact) mass is 374 g/mol. The zero-order chi connectivity index (χ0) is 16.9. The summed E-state index contributed by atoms with van der Waals surface area (Å²) in [5, 5.41) is 6.28. The second kappa shape index (κ2) is 7.64. The molecule has 0 aliphatic rings. The van der Waals surface area contributed by atoms with Crippen LogP contribution in [0.25, 0.3) is 0 Å². The molecule has 0 heterocycles. The highest BCUT2D eigenvalue weighted by Gasteiger charge is 2.18. The first kappa shape index (κ1) is 17.5. The maximum absolute atomic E-state index is 12.2. The van der Waals surface area contributed by atoms with Crippen molar-refractivity contribution in [3.8, 4) is 0 Å². The predicted octanol–water partition coefficient (Wildman–Crippen LogP) is 5.19. The predicted molar refractivity (Wildman–Crippen MR) is 101 cm³/mol. The summed E-state index contributed by atoms with van der Waals surface area (Å²) in [5.41, 5.74) is 3.04. The Balaban J connectivity index is 1.91. The Kier molecular flexibility index (Phi) is 5.83. The molecule has 3 nitrogen and oxygen atoms in total. The van der Waals surface area contributed by atoms with Crippen molar-refractivity contribution in [1.29, 1.82) is 0 Å². The molecular weight excluding hydrogens is 352 g/mol. The number of hydrogen-bond donors (Lipinski definition) is 2. The van der Waals surface area contributed by atoms with Gasteiger partial charge in [-0.3, -0.25) is 4.79 Å².